The van der Waals surface area contributed by atoms with E-state index in [4.69, 9.17) is 5.73 Å². The van der Waals surface area contributed by atoms with Crippen LogP contribution in [0.15, 0.2) is 18.2 Å². The summed E-state index contributed by atoms with van der Waals surface area (Å²) in [5.41, 5.74) is 3.96. The predicted octanol–water partition coefficient (Wildman–Crippen LogP) is 2.93. The van der Waals surface area contributed by atoms with Gasteiger partial charge >= 0.3 is 6.18 Å². The summed E-state index contributed by atoms with van der Waals surface area (Å²) in [4.78, 5) is 0. The van der Waals surface area contributed by atoms with Gasteiger partial charge < -0.3 is 10.5 Å². The fraction of sp³-hybridized carbons (Fsp3) is 0.333. The van der Waals surface area contributed by atoms with Crippen LogP contribution in [0.3, 0.4) is 0 Å². The fourth-order valence-electron chi connectivity index (χ4n) is 1.01. The van der Waals surface area contributed by atoms with E-state index >= 15 is 0 Å². The molecule has 0 spiro atoms. The quantitative estimate of drug-likeness (QED) is 0.652. The molecule has 0 aliphatic carbocycles. The zero-order valence-corrected chi connectivity index (χ0v) is 7.89. The first-order chi connectivity index (χ1) is 7.30. The van der Waals surface area contributed by atoms with Gasteiger partial charge in [-0.25, -0.2) is 8.78 Å². The number of benzene rings is 1. The van der Waals surface area contributed by atoms with Crippen molar-refractivity contribution in [2.24, 2.45) is 0 Å². The van der Waals surface area contributed by atoms with Gasteiger partial charge in [-0.3, -0.25) is 0 Å². The van der Waals surface area contributed by atoms with Crippen molar-refractivity contribution in [3.63, 3.8) is 0 Å². The highest BCUT2D eigenvalue weighted by Gasteiger charge is 2.30. The first-order valence-corrected chi connectivity index (χ1v) is 4.18. The molecule has 0 bridgehead atoms. The number of hydrogen-bond donors (Lipinski definition) is 1. The molecule has 0 saturated carbocycles. The number of ether oxygens (including phenoxy) is 1. The van der Waals surface area contributed by atoms with Crippen molar-refractivity contribution < 1.29 is 26.7 Å². The Kier molecular flexibility index (Phi) is 3.56. The summed E-state index contributed by atoms with van der Waals surface area (Å²) in [6.07, 6.45) is -7.23. The van der Waals surface area contributed by atoms with E-state index in [2.05, 4.69) is 4.74 Å². The van der Waals surface area contributed by atoms with Gasteiger partial charge in [-0.15, -0.1) is 0 Å². The van der Waals surface area contributed by atoms with Crippen molar-refractivity contribution in [3.8, 4) is 5.75 Å². The number of nitrogen functional groups attached to an aromatic ring is 1. The number of nitrogens with two attached hydrogens (primary N) is 1. The Balaban J connectivity index is 2.84. The van der Waals surface area contributed by atoms with Gasteiger partial charge in [-0.2, -0.15) is 13.2 Å². The second kappa shape index (κ2) is 4.54. The molecule has 7 heteroatoms. The van der Waals surface area contributed by atoms with Gasteiger partial charge in [-0.05, 0) is 18.2 Å². The topological polar surface area (TPSA) is 35.2 Å². The normalized spacial score (nSPS) is 11.9. The van der Waals surface area contributed by atoms with Crippen molar-refractivity contribution in [1.29, 1.82) is 0 Å². The predicted molar refractivity (Wildman–Crippen MR) is 47.4 cm³/mol. The molecule has 2 nitrogen and oxygen atoms in total. The lowest BCUT2D eigenvalue weighted by molar-refractivity contribution is -0.137. The number of halogens is 5. The zero-order valence-electron chi connectivity index (χ0n) is 7.89. The van der Waals surface area contributed by atoms with E-state index in [9.17, 15) is 22.0 Å². The Morgan fingerprint density at radius 2 is 1.88 bits per heavy atom. The lowest BCUT2D eigenvalue weighted by Crippen LogP contribution is -2.10. The lowest BCUT2D eigenvalue weighted by Gasteiger charge is -2.11. The molecule has 0 saturated heterocycles. The van der Waals surface area contributed by atoms with Crippen LogP contribution in [0.1, 0.15) is 5.56 Å². The van der Waals surface area contributed by atoms with Gasteiger partial charge in [-0.1, -0.05) is 0 Å². The second-order valence-corrected chi connectivity index (χ2v) is 2.95. The minimum atomic E-state index is -4.52. The molecule has 16 heavy (non-hydrogen) atoms. The first kappa shape index (κ1) is 12.5. The summed E-state index contributed by atoms with van der Waals surface area (Å²) in [5.74, 6) is -0.187. The van der Waals surface area contributed by atoms with E-state index in [1.165, 1.54) is 0 Å². The number of hydrogen-bond acceptors (Lipinski definition) is 2. The molecule has 0 unspecified atom stereocenters. The molecule has 90 valence electrons. The Bertz CT molecular complexity index is 363. The molecule has 0 atom stereocenters. The second-order valence-electron chi connectivity index (χ2n) is 2.95. The summed E-state index contributed by atoms with van der Waals surface area (Å²) in [6, 6.07) is 2.28. The Morgan fingerprint density at radius 1 is 1.25 bits per heavy atom. The highest BCUT2D eigenvalue weighted by molar-refractivity contribution is 5.54. The molecule has 0 fully saturated rings. The van der Waals surface area contributed by atoms with Crippen molar-refractivity contribution in [2.45, 2.75) is 12.6 Å². The Labute approximate surface area is 87.8 Å². The van der Waals surface area contributed by atoms with Crippen LogP contribution in [0, 0.1) is 0 Å². The summed E-state index contributed by atoms with van der Waals surface area (Å²) in [7, 11) is 0. The first-order valence-electron chi connectivity index (χ1n) is 4.18. The molecule has 2 N–H and O–H groups in total. The molecule has 0 aliphatic rings. The molecule has 0 radical (unpaired) electrons. The van der Waals surface area contributed by atoms with E-state index in [0.717, 1.165) is 12.1 Å². The number of anilines is 1. The van der Waals surface area contributed by atoms with Gasteiger partial charge in [0.25, 0.3) is 6.43 Å². The van der Waals surface area contributed by atoms with Gasteiger partial charge in [0, 0.05) is 0 Å². The molecular formula is C9H8F5NO. The maximum atomic E-state index is 12.2. The van der Waals surface area contributed by atoms with Crippen LogP contribution in [-0.2, 0) is 6.18 Å². The average molecular weight is 241 g/mol. The third-order valence-electron chi connectivity index (χ3n) is 1.70. The van der Waals surface area contributed by atoms with Crippen LogP contribution >= 0.6 is 0 Å². The molecule has 1 aromatic rings. The zero-order chi connectivity index (χ0) is 12.3. The van der Waals surface area contributed by atoms with Crippen LogP contribution in [-0.4, -0.2) is 13.0 Å². The summed E-state index contributed by atoms with van der Waals surface area (Å²) in [5, 5.41) is 0. The largest absolute Gasteiger partial charge is 0.485 e. The average Bonchev–Trinajstić information content (AvgIpc) is 2.14. The molecule has 1 aromatic carbocycles. The van der Waals surface area contributed by atoms with E-state index in [-0.39, 0.29) is 11.4 Å². The minimum Gasteiger partial charge on any atom is -0.485 e. The van der Waals surface area contributed by atoms with Crippen LogP contribution in [0.25, 0.3) is 0 Å². The maximum absolute atomic E-state index is 12.2. The molecule has 0 heterocycles. The molecule has 0 aromatic heterocycles. The summed E-state index contributed by atoms with van der Waals surface area (Å²) in [6.45, 7) is -0.907. The van der Waals surface area contributed by atoms with Crippen molar-refractivity contribution in [3.05, 3.63) is 23.8 Å². The van der Waals surface area contributed by atoms with Crippen molar-refractivity contribution in [1.82, 2.24) is 0 Å². The monoisotopic (exact) mass is 241 g/mol. The van der Waals surface area contributed by atoms with Crippen LogP contribution in [0.2, 0.25) is 0 Å². The van der Waals surface area contributed by atoms with E-state index < -0.39 is 24.8 Å². The van der Waals surface area contributed by atoms with E-state index in [1.807, 2.05) is 0 Å². The van der Waals surface area contributed by atoms with E-state index in [0.29, 0.717) is 6.07 Å². The highest BCUT2D eigenvalue weighted by Crippen LogP contribution is 2.33. The highest BCUT2D eigenvalue weighted by atomic mass is 19.4. The van der Waals surface area contributed by atoms with Crippen molar-refractivity contribution in [2.75, 3.05) is 12.3 Å². The smallest absolute Gasteiger partial charge is 0.416 e. The third-order valence-corrected chi connectivity index (χ3v) is 1.70. The molecular weight excluding hydrogens is 233 g/mol. The van der Waals surface area contributed by atoms with Gasteiger partial charge in [0.2, 0.25) is 0 Å². The molecule has 0 amide bonds. The van der Waals surface area contributed by atoms with Crippen molar-refractivity contribution >= 4 is 5.69 Å². The van der Waals surface area contributed by atoms with Crippen LogP contribution < -0.4 is 10.5 Å². The summed E-state index contributed by atoms with van der Waals surface area (Å²) >= 11 is 0. The SMILES string of the molecule is Nc1cc(C(F)(F)F)ccc1OCC(F)F. The number of rotatable bonds is 3. The van der Waals surface area contributed by atoms with Gasteiger partial charge in [0.15, 0.2) is 0 Å². The van der Waals surface area contributed by atoms with Crippen LogP contribution in [0.4, 0.5) is 27.6 Å². The Morgan fingerprint density at radius 3 is 2.31 bits per heavy atom. The fourth-order valence-corrected chi connectivity index (χ4v) is 1.01. The Hall–Kier alpha value is -1.53. The van der Waals surface area contributed by atoms with Gasteiger partial charge in [0.05, 0.1) is 11.3 Å². The third kappa shape index (κ3) is 3.25. The lowest BCUT2D eigenvalue weighted by atomic mass is 10.2. The minimum absolute atomic E-state index is 0.187. The molecule has 0 aliphatic heterocycles. The summed E-state index contributed by atoms with van der Waals surface area (Å²) < 4.78 is 64.7. The van der Waals surface area contributed by atoms with E-state index in [1.54, 1.807) is 0 Å². The number of alkyl halides is 5. The maximum Gasteiger partial charge on any atom is 0.416 e. The standard InChI is InChI=1S/C9H8F5NO/c10-8(11)4-16-7-2-1-5(3-6(7)15)9(12,13)14/h1-3,8H,4,15H2. The van der Waals surface area contributed by atoms with Gasteiger partial charge in [0.1, 0.15) is 12.4 Å². The molecule has 1 rings (SSSR count). The van der Waals surface area contributed by atoms with Crippen LogP contribution in [0.5, 0.6) is 5.75 Å².